The molecule has 0 unspecified atom stereocenters. The lowest BCUT2D eigenvalue weighted by Gasteiger charge is -2.34. The molecule has 0 atom stereocenters. The number of hydrogen-bond donors (Lipinski definition) is 2. The van der Waals surface area contributed by atoms with Crippen molar-refractivity contribution in [2.75, 3.05) is 0 Å². The molecular weight excluding hydrogens is 324 g/mol. The molecule has 0 aliphatic heterocycles. The van der Waals surface area contributed by atoms with Gasteiger partial charge in [0.15, 0.2) is 5.82 Å². The van der Waals surface area contributed by atoms with E-state index in [1.54, 1.807) is 16.7 Å². The molecule has 4 rings (SSSR count). The van der Waals surface area contributed by atoms with Crippen LogP contribution in [0.1, 0.15) is 46.7 Å². The Labute approximate surface area is 142 Å². The zero-order valence-corrected chi connectivity index (χ0v) is 13.9. The van der Waals surface area contributed by atoms with Crippen molar-refractivity contribution in [1.82, 2.24) is 39.7 Å². The Morgan fingerprint density at radius 3 is 2.84 bits per heavy atom. The third kappa shape index (κ3) is 2.64. The van der Waals surface area contributed by atoms with Crippen LogP contribution < -0.4 is 5.32 Å². The highest BCUT2D eigenvalue weighted by Gasteiger charge is 2.35. The Hall–Kier alpha value is -2.88. The Morgan fingerprint density at radius 2 is 2.12 bits per heavy atom. The number of carbonyl (C=O) groups excluding carboxylic acids is 1. The van der Waals surface area contributed by atoms with Gasteiger partial charge in [-0.1, -0.05) is 0 Å². The number of carbonyl (C=O) groups is 1. The minimum absolute atomic E-state index is 0.0533. The number of nitrogens with one attached hydrogen (secondary N) is 1. The second-order valence-electron chi connectivity index (χ2n) is 6.29. The minimum atomic E-state index is -0.268. The number of fused-ring (bicyclic) bond motifs is 1. The molecule has 0 aromatic carbocycles. The van der Waals surface area contributed by atoms with Gasteiger partial charge in [-0.05, 0) is 25.8 Å². The van der Waals surface area contributed by atoms with Crippen LogP contribution in [0.5, 0.6) is 0 Å². The topological polar surface area (TPSA) is 123 Å². The van der Waals surface area contributed by atoms with Gasteiger partial charge >= 0.3 is 0 Å². The lowest BCUT2D eigenvalue weighted by Crippen LogP contribution is -2.44. The first-order valence-corrected chi connectivity index (χ1v) is 8.05. The molecule has 0 saturated heterocycles. The SMILES string of the molecule is Cc1ccn2c(C(=O)NC3CC(c4nnc(CO)n4C)C3)nnc2n1. The molecule has 2 N–H and O–H groups in total. The fourth-order valence-corrected chi connectivity index (χ4v) is 3.09. The van der Waals surface area contributed by atoms with E-state index in [1.807, 2.05) is 18.5 Å². The Morgan fingerprint density at radius 1 is 1.32 bits per heavy atom. The normalized spacial score (nSPS) is 19.8. The zero-order valence-electron chi connectivity index (χ0n) is 13.9. The number of aromatic nitrogens is 7. The molecule has 1 aliphatic carbocycles. The smallest absolute Gasteiger partial charge is 0.289 e. The van der Waals surface area contributed by atoms with Gasteiger partial charge in [-0.15, -0.1) is 20.4 Å². The summed E-state index contributed by atoms with van der Waals surface area (Å²) in [5, 5.41) is 28.1. The lowest BCUT2D eigenvalue weighted by atomic mass is 9.79. The van der Waals surface area contributed by atoms with E-state index < -0.39 is 0 Å². The van der Waals surface area contributed by atoms with Crippen molar-refractivity contribution in [3.8, 4) is 0 Å². The van der Waals surface area contributed by atoms with Crippen molar-refractivity contribution >= 4 is 11.7 Å². The van der Waals surface area contributed by atoms with Crippen LogP contribution in [-0.2, 0) is 13.7 Å². The molecule has 0 bridgehead atoms. The van der Waals surface area contributed by atoms with Crippen molar-refractivity contribution in [1.29, 1.82) is 0 Å². The highest BCUT2D eigenvalue weighted by molar-refractivity contribution is 5.91. The largest absolute Gasteiger partial charge is 0.388 e. The fraction of sp³-hybridized carbons (Fsp3) is 0.467. The molecule has 25 heavy (non-hydrogen) atoms. The predicted molar refractivity (Wildman–Crippen MR) is 85.7 cm³/mol. The molecule has 1 aliphatic rings. The minimum Gasteiger partial charge on any atom is -0.388 e. The molecule has 3 heterocycles. The number of rotatable bonds is 4. The lowest BCUT2D eigenvalue weighted by molar-refractivity contribution is 0.0895. The fourth-order valence-electron chi connectivity index (χ4n) is 3.09. The summed E-state index contributed by atoms with van der Waals surface area (Å²) in [6.07, 6.45) is 3.29. The number of aryl methyl sites for hydroxylation is 1. The van der Waals surface area contributed by atoms with Gasteiger partial charge in [0.2, 0.25) is 5.82 Å². The quantitative estimate of drug-likeness (QED) is 0.669. The third-order valence-corrected chi connectivity index (χ3v) is 4.60. The summed E-state index contributed by atoms with van der Waals surface area (Å²) in [6, 6.07) is 1.86. The maximum absolute atomic E-state index is 12.4. The van der Waals surface area contributed by atoms with Crippen molar-refractivity contribution in [3.05, 3.63) is 35.4 Å². The van der Waals surface area contributed by atoms with Crippen LogP contribution in [0.15, 0.2) is 12.3 Å². The molecule has 10 nitrogen and oxygen atoms in total. The van der Waals surface area contributed by atoms with Crippen molar-refractivity contribution in [3.63, 3.8) is 0 Å². The van der Waals surface area contributed by atoms with Crippen LogP contribution in [0.4, 0.5) is 0 Å². The first kappa shape index (κ1) is 15.6. The first-order chi connectivity index (χ1) is 12.1. The van der Waals surface area contributed by atoms with Gasteiger partial charge in [0, 0.05) is 30.9 Å². The summed E-state index contributed by atoms with van der Waals surface area (Å²) in [6.45, 7) is 1.72. The maximum atomic E-state index is 12.4. The van der Waals surface area contributed by atoms with Gasteiger partial charge in [-0.2, -0.15) is 0 Å². The van der Waals surface area contributed by atoms with Crippen LogP contribution in [0.2, 0.25) is 0 Å². The number of hydrogen-bond acceptors (Lipinski definition) is 7. The highest BCUT2D eigenvalue weighted by Crippen LogP contribution is 2.35. The van der Waals surface area contributed by atoms with E-state index in [9.17, 15) is 9.90 Å². The summed E-state index contributed by atoms with van der Waals surface area (Å²) in [4.78, 5) is 16.7. The van der Waals surface area contributed by atoms with Gasteiger partial charge in [0.1, 0.15) is 12.4 Å². The average Bonchev–Trinajstić information content (AvgIpc) is 3.13. The molecular formula is C15H18N8O2. The second kappa shape index (κ2) is 5.88. The van der Waals surface area contributed by atoms with Gasteiger partial charge in [0.25, 0.3) is 11.7 Å². The van der Waals surface area contributed by atoms with Crippen molar-refractivity contribution < 1.29 is 9.90 Å². The summed E-state index contributed by atoms with van der Waals surface area (Å²) in [5.74, 6) is 1.97. The molecule has 1 amide bonds. The predicted octanol–water partition coefficient (Wildman–Crippen LogP) is -0.270. The van der Waals surface area contributed by atoms with E-state index >= 15 is 0 Å². The van der Waals surface area contributed by atoms with E-state index in [2.05, 4.69) is 30.7 Å². The summed E-state index contributed by atoms with van der Waals surface area (Å²) >= 11 is 0. The molecule has 1 fully saturated rings. The third-order valence-electron chi connectivity index (χ3n) is 4.60. The summed E-state index contributed by atoms with van der Waals surface area (Å²) < 4.78 is 3.39. The van der Waals surface area contributed by atoms with Crippen LogP contribution >= 0.6 is 0 Å². The van der Waals surface area contributed by atoms with Gasteiger partial charge in [-0.25, -0.2) is 4.98 Å². The molecule has 10 heteroatoms. The second-order valence-corrected chi connectivity index (χ2v) is 6.29. The van der Waals surface area contributed by atoms with Crippen molar-refractivity contribution in [2.45, 2.75) is 38.3 Å². The van der Waals surface area contributed by atoms with Gasteiger partial charge in [0.05, 0.1) is 0 Å². The average molecular weight is 342 g/mol. The van der Waals surface area contributed by atoms with Crippen LogP contribution in [0.3, 0.4) is 0 Å². The van der Waals surface area contributed by atoms with E-state index in [1.165, 1.54) is 0 Å². The van der Waals surface area contributed by atoms with Crippen LogP contribution in [-0.4, -0.2) is 51.4 Å². The molecule has 0 spiro atoms. The number of aliphatic hydroxyl groups is 1. The molecule has 130 valence electrons. The van der Waals surface area contributed by atoms with E-state index in [-0.39, 0.29) is 30.3 Å². The number of nitrogens with zero attached hydrogens (tertiary/aromatic N) is 7. The monoisotopic (exact) mass is 342 g/mol. The van der Waals surface area contributed by atoms with Gasteiger partial charge < -0.3 is 15.0 Å². The summed E-state index contributed by atoms with van der Waals surface area (Å²) in [7, 11) is 1.84. The number of amides is 1. The highest BCUT2D eigenvalue weighted by atomic mass is 16.3. The molecule has 1 saturated carbocycles. The first-order valence-electron chi connectivity index (χ1n) is 8.05. The summed E-state index contributed by atoms with van der Waals surface area (Å²) in [5.41, 5.74) is 0.819. The molecule has 3 aromatic rings. The van der Waals surface area contributed by atoms with Crippen LogP contribution in [0.25, 0.3) is 5.78 Å². The van der Waals surface area contributed by atoms with Gasteiger partial charge in [-0.3, -0.25) is 9.20 Å². The standard InChI is InChI=1S/C15H18N8O2/c1-8-3-4-23-13(20-21-15(23)16-8)14(25)17-10-5-9(6-10)12-19-18-11(7-24)22(12)2/h3-4,9-10,24H,5-7H2,1-2H3,(H,17,25). The molecule has 0 radical (unpaired) electrons. The van der Waals surface area contributed by atoms with Crippen molar-refractivity contribution in [2.24, 2.45) is 7.05 Å². The Balaban J connectivity index is 1.42. The maximum Gasteiger partial charge on any atom is 0.289 e. The van der Waals surface area contributed by atoms with E-state index in [0.717, 1.165) is 24.4 Å². The Kier molecular flexibility index (Phi) is 3.68. The zero-order chi connectivity index (χ0) is 17.6. The molecule has 3 aromatic heterocycles. The van der Waals surface area contributed by atoms with E-state index in [4.69, 9.17) is 0 Å². The Bertz CT molecular complexity index is 940. The van der Waals surface area contributed by atoms with E-state index in [0.29, 0.717) is 11.6 Å². The van der Waals surface area contributed by atoms with Crippen LogP contribution in [0, 0.1) is 6.92 Å². The number of aliphatic hydroxyl groups excluding tert-OH is 1.